The van der Waals surface area contributed by atoms with E-state index in [-0.39, 0.29) is 12.6 Å². The molecule has 0 aromatic rings. The maximum atomic E-state index is 5.83. The molecule has 7 heteroatoms. The lowest BCUT2D eigenvalue weighted by atomic mass is 10.1. The molecular weight excluding hydrogens is 222 g/mol. The highest BCUT2D eigenvalue weighted by Gasteiger charge is 2.01. The average Bonchev–Trinajstić information content (AvgIpc) is 2.32. The van der Waals surface area contributed by atoms with Crippen molar-refractivity contribution in [1.82, 2.24) is 10.6 Å². The second-order valence-corrected chi connectivity index (χ2v) is 3.44. The largest absolute Gasteiger partial charge is 0.370 e. The molecule has 0 aromatic carbocycles. The predicted octanol–water partition coefficient (Wildman–Crippen LogP) is -0.961. The van der Waals surface area contributed by atoms with Gasteiger partial charge >= 0.3 is 0 Å². The van der Waals surface area contributed by atoms with Gasteiger partial charge in [-0.2, -0.15) is 0 Å². The summed E-state index contributed by atoms with van der Waals surface area (Å²) in [5.41, 5.74) is 10.9. The third-order valence-electron chi connectivity index (χ3n) is 2.01. The zero-order chi connectivity index (χ0) is 12.9. The van der Waals surface area contributed by atoms with Crippen molar-refractivity contribution in [2.45, 2.75) is 12.8 Å². The second kappa shape index (κ2) is 11.6. The number of nitrogens with one attached hydrogen (secondary N) is 2. The van der Waals surface area contributed by atoms with Gasteiger partial charge in [0.1, 0.15) is 0 Å². The molecular formula is C10H23N5O2. The number of guanidine groups is 1. The van der Waals surface area contributed by atoms with Crippen LogP contribution in [0, 0.1) is 12.8 Å². The van der Waals surface area contributed by atoms with Gasteiger partial charge in [-0.3, -0.25) is 0 Å². The first-order chi connectivity index (χ1) is 8.20. The van der Waals surface area contributed by atoms with Crippen molar-refractivity contribution in [3.8, 4) is 0 Å². The minimum Gasteiger partial charge on any atom is -0.370 e. The Bertz CT molecular complexity index is 201. The van der Waals surface area contributed by atoms with Crippen LogP contribution in [0.1, 0.15) is 12.8 Å². The third-order valence-corrected chi connectivity index (χ3v) is 2.01. The number of aliphatic imine (C=N–C) groups is 1. The summed E-state index contributed by atoms with van der Waals surface area (Å²) in [6.45, 7) is 7.80. The fourth-order valence-corrected chi connectivity index (χ4v) is 1.16. The molecule has 0 spiro atoms. The summed E-state index contributed by atoms with van der Waals surface area (Å²) in [6, 6.07) is 0. The molecule has 0 aliphatic carbocycles. The number of hydrogen-bond acceptors (Lipinski definition) is 5. The molecule has 0 bridgehead atoms. The first-order valence-corrected chi connectivity index (χ1v) is 5.56. The summed E-state index contributed by atoms with van der Waals surface area (Å²) < 4.78 is 0. The zero-order valence-corrected chi connectivity index (χ0v) is 10.3. The van der Waals surface area contributed by atoms with Crippen molar-refractivity contribution < 1.29 is 9.78 Å². The maximum Gasteiger partial charge on any atom is 0.191 e. The van der Waals surface area contributed by atoms with Crippen LogP contribution in [0.3, 0.4) is 0 Å². The van der Waals surface area contributed by atoms with E-state index in [1.165, 1.54) is 7.11 Å². The number of hydrogen-bond donors (Lipinski definition) is 4. The first kappa shape index (κ1) is 16.1. The number of nitrogens with two attached hydrogens (primary N) is 2. The normalized spacial score (nSPS) is 13.7. The van der Waals surface area contributed by atoms with Crippen LogP contribution in [0.15, 0.2) is 4.99 Å². The Labute approximate surface area is 103 Å². The quantitative estimate of drug-likeness (QED) is 0.0986. The topological polar surface area (TPSA) is 107 Å². The highest BCUT2D eigenvalue weighted by Crippen LogP contribution is 2.01. The van der Waals surface area contributed by atoms with Crippen LogP contribution in [0.2, 0.25) is 0 Å². The highest BCUT2D eigenvalue weighted by atomic mass is 17.2. The lowest BCUT2D eigenvalue weighted by Gasteiger charge is -2.11. The Morgan fingerprint density at radius 3 is 2.94 bits per heavy atom. The fraction of sp³-hybridized carbons (Fsp3) is 0.800. The van der Waals surface area contributed by atoms with E-state index in [4.69, 9.17) is 18.4 Å². The molecule has 0 saturated carbocycles. The van der Waals surface area contributed by atoms with E-state index in [0.29, 0.717) is 12.6 Å². The monoisotopic (exact) mass is 245 g/mol. The van der Waals surface area contributed by atoms with Gasteiger partial charge in [0.25, 0.3) is 0 Å². The first-order valence-electron chi connectivity index (χ1n) is 5.56. The third kappa shape index (κ3) is 11.4. The second-order valence-electron chi connectivity index (χ2n) is 3.44. The Kier molecular flexibility index (Phi) is 11.0. The van der Waals surface area contributed by atoms with Crippen molar-refractivity contribution in [3.05, 3.63) is 6.92 Å². The summed E-state index contributed by atoms with van der Waals surface area (Å²) in [5.74, 6) is 0.436. The summed E-state index contributed by atoms with van der Waals surface area (Å²) in [4.78, 5) is 12.8. The van der Waals surface area contributed by atoms with Crippen molar-refractivity contribution in [2.75, 3.05) is 33.6 Å². The smallest absolute Gasteiger partial charge is 0.191 e. The lowest BCUT2D eigenvalue weighted by Crippen LogP contribution is -2.33. The number of nitrogens with zero attached hydrogens (tertiary/aromatic N) is 1. The maximum absolute atomic E-state index is 5.83. The standard InChI is InChI=1S/C10H23N5O2/c1-9(6-13-7-11)4-3-5-14-10(12)15-8-17-16-2/h1,9,13H,3-8,11H2,2H3,(H3,12,14,15). The van der Waals surface area contributed by atoms with Crippen LogP contribution >= 0.6 is 0 Å². The lowest BCUT2D eigenvalue weighted by molar-refractivity contribution is -0.270. The highest BCUT2D eigenvalue weighted by molar-refractivity contribution is 5.77. The Balaban J connectivity index is 3.40. The summed E-state index contributed by atoms with van der Waals surface area (Å²) >= 11 is 0. The summed E-state index contributed by atoms with van der Waals surface area (Å²) in [6.07, 6.45) is 1.80. The molecule has 7 nitrogen and oxygen atoms in total. The fourth-order valence-electron chi connectivity index (χ4n) is 1.16. The minimum absolute atomic E-state index is 0.0786. The van der Waals surface area contributed by atoms with Gasteiger partial charge in [0.2, 0.25) is 0 Å². The SMILES string of the molecule is [CH]C(CCCN/C(N)=N/COOC)CNCN. The van der Waals surface area contributed by atoms with Crippen LogP contribution in [-0.2, 0) is 9.78 Å². The van der Waals surface area contributed by atoms with Gasteiger partial charge in [0.15, 0.2) is 12.7 Å². The molecule has 0 rings (SSSR count). The van der Waals surface area contributed by atoms with Gasteiger partial charge in [0, 0.05) is 13.2 Å². The molecule has 2 radical (unpaired) electrons. The Morgan fingerprint density at radius 1 is 1.53 bits per heavy atom. The van der Waals surface area contributed by atoms with E-state index in [0.717, 1.165) is 25.9 Å². The van der Waals surface area contributed by atoms with E-state index in [1.54, 1.807) is 0 Å². The van der Waals surface area contributed by atoms with Gasteiger partial charge < -0.3 is 22.1 Å². The van der Waals surface area contributed by atoms with Crippen molar-refractivity contribution in [1.29, 1.82) is 0 Å². The van der Waals surface area contributed by atoms with Gasteiger partial charge in [0.05, 0.1) is 7.11 Å². The Morgan fingerprint density at radius 2 is 2.29 bits per heavy atom. The van der Waals surface area contributed by atoms with Crippen molar-refractivity contribution >= 4 is 5.96 Å². The van der Waals surface area contributed by atoms with Gasteiger partial charge in [-0.25, -0.2) is 14.8 Å². The molecule has 6 N–H and O–H groups in total. The molecule has 0 amide bonds. The number of rotatable bonds is 10. The van der Waals surface area contributed by atoms with E-state index in [2.05, 4.69) is 25.4 Å². The molecule has 0 aliphatic heterocycles. The molecule has 0 aromatic heterocycles. The van der Waals surface area contributed by atoms with Crippen LogP contribution in [-0.4, -0.2) is 39.6 Å². The van der Waals surface area contributed by atoms with E-state index in [1.807, 2.05) is 0 Å². The van der Waals surface area contributed by atoms with Crippen molar-refractivity contribution in [3.63, 3.8) is 0 Å². The van der Waals surface area contributed by atoms with Gasteiger partial charge in [-0.05, 0) is 32.2 Å². The van der Waals surface area contributed by atoms with Crippen LogP contribution in [0.25, 0.3) is 0 Å². The average molecular weight is 245 g/mol. The molecule has 0 saturated heterocycles. The van der Waals surface area contributed by atoms with Gasteiger partial charge in [-0.1, -0.05) is 0 Å². The zero-order valence-electron chi connectivity index (χ0n) is 10.3. The molecule has 0 fully saturated rings. The minimum atomic E-state index is 0.0786. The predicted molar refractivity (Wildman–Crippen MR) is 66.7 cm³/mol. The van der Waals surface area contributed by atoms with Crippen LogP contribution in [0.4, 0.5) is 0 Å². The summed E-state index contributed by atoms with van der Waals surface area (Å²) in [5, 5.41) is 5.93. The molecule has 17 heavy (non-hydrogen) atoms. The van der Waals surface area contributed by atoms with Crippen molar-refractivity contribution in [2.24, 2.45) is 22.4 Å². The molecule has 0 heterocycles. The molecule has 1 unspecified atom stereocenters. The Hall–Kier alpha value is -0.890. The molecule has 100 valence electrons. The van der Waals surface area contributed by atoms with Crippen LogP contribution in [0.5, 0.6) is 0 Å². The van der Waals surface area contributed by atoms with E-state index >= 15 is 0 Å². The van der Waals surface area contributed by atoms with Crippen LogP contribution < -0.4 is 22.1 Å². The molecule has 0 aliphatic rings. The summed E-state index contributed by atoms with van der Waals surface area (Å²) in [7, 11) is 1.41. The van der Waals surface area contributed by atoms with E-state index < -0.39 is 0 Å². The molecule has 1 atom stereocenters. The van der Waals surface area contributed by atoms with Gasteiger partial charge in [-0.15, -0.1) is 0 Å². The van der Waals surface area contributed by atoms with E-state index in [9.17, 15) is 0 Å².